The normalized spacial score (nSPS) is 12.2. The topological polar surface area (TPSA) is 58.6 Å². The van der Waals surface area contributed by atoms with Crippen LogP contribution in [0.1, 0.15) is 52.2 Å². The van der Waals surface area contributed by atoms with E-state index in [4.69, 9.17) is 16.3 Å². The van der Waals surface area contributed by atoms with Gasteiger partial charge in [0.1, 0.15) is 11.8 Å². The summed E-state index contributed by atoms with van der Waals surface area (Å²) < 4.78 is 6.61. The standard InChI is InChI=1S/C25H32BrClN2O3/c1-6-17-12-13-22(19(26)14-17)32-16-23(30)29(15-18-10-8-9-11-20(18)27)21(7-2)24(31)28-25(3,4)5/h8-14,21H,6-7,15-16H2,1-5H3,(H,28,31). The third-order valence-electron chi connectivity index (χ3n) is 4.94. The Kier molecular flexibility index (Phi) is 9.59. The minimum atomic E-state index is -0.646. The van der Waals surface area contributed by atoms with E-state index in [1.54, 1.807) is 11.0 Å². The predicted molar refractivity (Wildman–Crippen MR) is 133 cm³/mol. The third kappa shape index (κ3) is 7.52. The largest absolute Gasteiger partial charge is 0.483 e. The van der Waals surface area contributed by atoms with Crippen LogP contribution in [0.25, 0.3) is 0 Å². The van der Waals surface area contributed by atoms with Gasteiger partial charge in [-0.25, -0.2) is 0 Å². The zero-order valence-corrected chi connectivity index (χ0v) is 21.7. The molecule has 7 heteroatoms. The molecule has 1 N–H and O–H groups in total. The van der Waals surface area contributed by atoms with Crippen LogP contribution in [0.4, 0.5) is 0 Å². The Hall–Kier alpha value is -2.05. The molecule has 2 amide bonds. The molecule has 1 atom stereocenters. The van der Waals surface area contributed by atoms with E-state index in [-0.39, 0.29) is 25.0 Å². The molecule has 2 aromatic rings. The lowest BCUT2D eigenvalue weighted by Gasteiger charge is -2.33. The quantitative estimate of drug-likeness (QED) is 0.454. The van der Waals surface area contributed by atoms with Crippen molar-refractivity contribution in [3.63, 3.8) is 0 Å². The van der Waals surface area contributed by atoms with Crippen molar-refractivity contribution < 1.29 is 14.3 Å². The first-order chi connectivity index (χ1) is 15.1. The molecule has 0 aromatic heterocycles. The Morgan fingerprint density at radius 3 is 2.41 bits per heavy atom. The van der Waals surface area contributed by atoms with Crippen LogP contribution < -0.4 is 10.1 Å². The number of halogens is 2. The maximum absolute atomic E-state index is 13.3. The fraction of sp³-hybridized carbons (Fsp3) is 0.440. The Morgan fingerprint density at radius 1 is 1.16 bits per heavy atom. The van der Waals surface area contributed by atoms with Crippen molar-refractivity contribution >= 4 is 39.3 Å². The van der Waals surface area contributed by atoms with Crippen molar-refractivity contribution in [1.82, 2.24) is 10.2 Å². The van der Waals surface area contributed by atoms with Crippen LogP contribution in [-0.2, 0) is 22.6 Å². The van der Waals surface area contributed by atoms with Crippen LogP contribution in [0, 0.1) is 0 Å². The number of rotatable bonds is 9. The van der Waals surface area contributed by atoms with E-state index in [2.05, 4.69) is 28.2 Å². The number of ether oxygens (including phenoxy) is 1. The number of hydrogen-bond acceptors (Lipinski definition) is 3. The fourth-order valence-corrected chi connectivity index (χ4v) is 4.02. The molecule has 0 radical (unpaired) electrons. The van der Waals surface area contributed by atoms with Gasteiger partial charge in [0.2, 0.25) is 5.91 Å². The molecule has 0 fully saturated rings. The lowest BCUT2D eigenvalue weighted by molar-refractivity contribution is -0.143. The summed E-state index contributed by atoms with van der Waals surface area (Å²) in [5.74, 6) is 0.0987. The zero-order valence-electron chi connectivity index (χ0n) is 19.4. The highest BCUT2D eigenvalue weighted by atomic mass is 79.9. The molecule has 0 aliphatic heterocycles. The monoisotopic (exact) mass is 522 g/mol. The van der Waals surface area contributed by atoms with Crippen molar-refractivity contribution in [3.05, 3.63) is 63.1 Å². The lowest BCUT2D eigenvalue weighted by atomic mass is 10.1. The second kappa shape index (κ2) is 11.7. The molecule has 0 aliphatic rings. The van der Waals surface area contributed by atoms with E-state index < -0.39 is 11.6 Å². The molecule has 32 heavy (non-hydrogen) atoms. The first-order valence-electron chi connectivity index (χ1n) is 10.8. The van der Waals surface area contributed by atoms with Gasteiger partial charge in [-0.2, -0.15) is 0 Å². The molecule has 0 bridgehead atoms. The maximum atomic E-state index is 13.3. The Bertz CT molecular complexity index is 943. The number of amides is 2. The van der Waals surface area contributed by atoms with Crippen molar-refractivity contribution in [3.8, 4) is 5.75 Å². The molecule has 1 unspecified atom stereocenters. The second-order valence-corrected chi connectivity index (χ2v) is 9.94. The summed E-state index contributed by atoms with van der Waals surface area (Å²) in [5.41, 5.74) is 1.53. The summed E-state index contributed by atoms with van der Waals surface area (Å²) in [6, 6.07) is 12.5. The van der Waals surface area contributed by atoms with Gasteiger partial charge in [0.15, 0.2) is 6.61 Å². The summed E-state index contributed by atoms with van der Waals surface area (Å²) in [5, 5.41) is 3.54. The van der Waals surface area contributed by atoms with Crippen LogP contribution in [0.2, 0.25) is 5.02 Å². The second-order valence-electron chi connectivity index (χ2n) is 8.68. The summed E-state index contributed by atoms with van der Waals surface area (Å²) in [4.78, 5) is 27.9. The summed E-state index contributed by atoms with van der Waals surface area (Å²) in [7, 11) is 0. The van der Waals surface area contributed by atoms with Crippen molar-refractivity contribution in [1.29, 1.82) is 0 Å². The Labute approximate surface area is 204 Å². The zero-order chi connectivity index (χ0) is 23.9. The molecule has 0 spiro atoms. The fourth-order valence-electron chi connectivity index (χ4n) is 3.29. The highest BCUT2D eigenvalue weighted by molar-refractivity contribution is 9.10. The third-order valence-corrected chi connectivity index (χ3v) is 5.93. The molecule has 0 aliphatic carbocycles. The van der Waals surface area contributed by atoms with Crippen LogP contribution in [0.5, 0.6) is 5.75 Å². The molecular formula is C25H32BrClN2O3. The van der Waals surface area contributed by atoms with Crippen LogP contribution >= 0.6 is 27.5 Å². The van der Waals surface area contributed by atoms with Gasteiger partial charge in [-0.15, -0.1) is 0 Å². The summed E-state index contributed by atoms with van der Waals surface area (Å²) in [6.45, 7) is 9.74. The van der Waals surface area contributed by atoms with Crippen LogP contribution in [0.3, 0.4) is 0 Å². The minimum Gasteiger partial charge on any atom is -0.483 e. The number of hydrogen-bond donors (Lipinski definition) is 1. The SMILES string of the molecule is CCc1ccc(OCC(=O)N(Cc2ccccc2Cl)C(CC)C(=O)NC(C)(C)C)c(Br)c1. The van der Waals surface area contributed by atoms with E-state index in [0.717, 1.165) is 16.5 Å². The van der Waals surface area contributed by atoms with E-state index in [1.165, 1.54) is 5.56 Å². The number of carbonyl (C=O) groups is 2. The summed E-state index contributed by atoms with van der Waals surface area (Å²) in [6.07, 6.45) is 1.37. The number of carbonyl (C=O) groups excluding carboxylic acids is 2. The highest BCUT2D eigenvalue weighted by Gasteiger charge is 2.31. The first kappa shape index (κ1) is 26.2. The van der Waals surface area contributed by atoms with Gasteiger partial charge in [0.05, 0.1) is 4.47 Å². The summed E-state index contributed by atoms with van der Waals surface area (Å²) >= 11 is 9.86. The highest BCUT2D eigenvalue weighted by Crippen LogP contribution is 2.27. The minimum absolute atomic E-state index is 0.187. The van der Waals surface area contributed by atoms with Gasteiger partial charge in [0.25, 0.3) is 5.91 Å². The molecule has 2 rings (SSSR count). The number of aryl methyl sites for hydroxylation is 1. The molecule has 2 aromatic carbocycles. The van der Waals surface area contributed by atoms with E-state index in [9.17, 15) is 9.59 Å². The van der Waals surface area contributed by atoms with Gasteiger partial charge < -0.3 is 15.0 Å². The molecule has 174 valence electrons. The van der Waals surface area contributed by atoms with Gasteiger partial charge in [-0.1, -0.05) is 49.7 Å². The number of benzene rings is 2. The van der Waals surface area contributed by atoms with Crippen molar-refractivity contribution in [2.75, 3.05) is 6.61 Å². The van der Waals surface area contributed by atoms with Gasteiger partial charge in [-0.3, -0.25) is 9.59 Å². The van der Waals surface area contributed by atoms with Crippen molar-refractivity contribution in [2.45, 2.75) is 65.6 Å². The Balaban J connectivity index is 2.26. The van der Waals surface area contributed by atoms with Crippen molar-refractivity contribution in [2.24, 2.45) is 0 Å². The van der Waals surface area contributed by atoms with Crippen LogP contribution in [-0.4, -0.2) is 34.9 Å². The molecule has 0 saturated carbocycles. The lowest BCUT2D eigenvalue weighted by Crippen LogP contribution is -2.54. The average molecular weight is 524 g/mol. The average Bonchev–Trinajstić information content (AvgIpc) is 2.72. The molecular weight excluding hydrogens is 492 g/mol. The Morgan fingerprint density at radius 2 is 1.84 bits per heavy atom. The number of nitrogens with one attached hydrogen (secondary N) is 1. The molecule has 0 saturated heterocycles. The predicted octanol–water partition coefficient (Wildman–Crippen LogP) is 5.77. The maximum Gasteiger partial charge on any atom is 0.261 e. The molecule has 0 heterocycles. The van der Waals surface area contributed by atoms with E-state index in [0.29, 0.717) is 17.2 Å². The van der Waals surface area contributed by atoms with E-state index >= 15 is 0 Å². The van der Waals surface area contributed by atoms with Gasteiger partial charge in [-0.05, 0) is 78.9 Å². The number of nitrogens with zero attached hydrogens (tertiary/aromatic N) is 1. The smallest absolute Gasteiger partial charge is 0.261 e. The molecule has 5 nitrogen and oxygen atoms in total. The van der Waals surface area contributed by atoms with Crippen LogP contribution in [0.15, 0.2) is 46.9 Å². The van der Waals surface area contributed by atoms with Gasteiger partial charge >= 0.3 is 0 Å². The first-order valence-corrected chi connectivity index (χ1v) is 12.0. The van der Waals surface area contributed by atoms with Gasteiger partial charge in [0, 0.05) is 17.1 Å². The van der Waals surface area contributed by atoms with E-state index in [1.807, 2.05) is 64.1 Å².